The van der Waals surface area contributed by atoms with Crippen LogP contribution < -0.4 is 0 Å². The summed E-state index contributed by atoms with van der Waals surface area (Å²) >= 11 is 5.29. The first-order valence-electron chi connectivity index (χ1n) is 7.03. The summed E-state index contributed by atoms with van der Waals surface area (Å²) in [5.41, 5.74) is 2.69. The van der Waals surface area contributed by atoms with E-state index in [4.69, 9.17) is 4.74 Å². The monoisotopic (exact) mass is 478 g/mol. The Kier molecular flexibility index (Phi) is 9.38. The summed E-state index contributed by atoms with van der Waals surface area (Å²) in [5.74, 6) is 1.44. The highest BCUT2D eigenvalue weighted by molar-refractivity contribution is 14.1. The quantitative estimate of drug-likeness (QED) is 0.381. The van der Waals surface area contributed by atoms with Gasteiger partial charge in [0.1, 0.15) is 0 Å². The molecule has 0 aliphatic rings. The van der Waals surface area contributed by atoms with Crippen LogP contribution in [-0.4, -0.2) is 28.6 Å². The second-order valence-corrected chi connectivity index (χ2v) is 5.61. The molecule has 120 valence electrons. The molecule has 0 unspecified atom stereocenters. The highest BCUT2D eigenvalue weighted by atomic mass is 127. The molecule has 0 amide bonds. The molecule has 0 saturated heterocycles. The number of benzene rings is 1. The lowest BCUT2D eigenvalue weighted by atomic mass is 10.1. The van der Waals surface area contributed by atoms with Crippen LogP contribution >= 0.6 is 38.5 Å². The number of aromatic amines is 1. The minimum Gasteiger partial charge on any atom is -0.461 e. The number of hydrogen-bond acceptors (Lipinski definition) is 3. The summed E-state index contributed by atoms with van der Waals surface area (Å²) in [4.78, 5) is 11.5. The molecule has 0 aliphatic carbocycles. The minimum absolute atomic E-state index is 0.358. The highest BCUT2D eigenvalue weighted by Crippen LogP contribution is 2.14. The van der Waals surface area contributed by atoms with Crippen LogP contribution in [0.3, 0.4) is 0 Å². The van der Waals surface area contributed by atoms with Gasteiger partial charge in [0, 0.05) is 9.26 Å². The van der Waals surface area contributed by atoms with Gasteiger partial charge in [0.05, 0.1) is 6.61 Å². The molecule has 0 fully saturated rings. The molecule has 0 saturated carbocycles. The molecular weight excluding hydrogens is 459 g/mol. The maximum atomic E-state index is 11.5. The summed E-state index contributed by atoms with van der Waals surface area (Å²) in [6.07, 6.45) is 2.91. The van der Waals surface area contributed by atoms with Crippen LogP contribution in [0, 0.1) is 3.57 Å². The Hall–Kier alpha value is -0.890. The van der Waals surface area contributed by atoms with Crippen LogP contribution in [0.2, 0.25) is 0 Å². The minimum atomic E-state index is -0.368. The van der Waals surface area contributed by atoms with E-state index in [1.165, 1.54) is 9.13 Å². The van der Waals surface area contributed by atoms with Crippen molar-refractivity contribution in [2.24, 2.45) is 0 Å². The van der Waals surface area contributed by atoms with Gasteiger partial charge in [-0.2, -0.15) is 5.10 Å². The van der Waals surface area contributed by atoms with Gasteiger partial charge < -0.3 is 4.74 Å². The van der Waals surface area contributed by atoms with E-state index < -0.39 is 0 Å². The standard InChI is InChI=1S/C15H17IN2O2.CH3Br/c1-2-20-15(19)14-10-12(17-18-14)8-5-7-11-6-3-4-9-13(11)16;1-2/h3-4,6,9-10H,2,5,7-8H2,1H3,(H,17,18);1H3. The van der Waals surface area contributed by atoms with E-state index in [9.17, 15) is 4.79 Å². The molecule has 2 rings (SSSR count). The Morgan fingerprint density at radius 1 is 1.32 bits per heavy atom. The number of halogens is 2. The summed E-state index contributed by atoms with van der Waals surface area (Å²) < 4.78 is 6.20. The smallest absolute Gasteiger partial charge is 0.358 e. The number of esters is 1. The number of aryl methyl sites for hydroxylation is 2. The largest absolute Gasteiger partial charge is 0.461 e. The Morgan fingerprint density at radius 2 is 2.05 bits per heavy atom. The maximum absolute atomic E-state index is 11.5. The van der Waals surface area contributed by atoms with E-state index in [1.807, 2.05) is 11.9 Å². The second kappa shape index (κ2) is 10.8. The highest BCUT2D eigenvalue weighted by Gasteiger charge is 2.11. The van der Waals surface area contributed by atoms with Gasteiger partial charge in [0.15, 0.2) is 5.69 Å². The van der Waals surface area contributed by atoms with Gasteiger partial charge in [-0.3, -0.25) is 5.10 Å². The summed E-state index contributed by atoms with van der Waals surface area (Å²) in [7, 11) is 0. The van der Waals surface area contributed by atoms with Crippen LogP contribution in [0.4, 0.5) is 0 Å². The first kappa shape index (κ1) is 19.2. The third kappa shape index (κ3) is 6.08. The molecule has 0 atom stereocenters. The molecular formula is C16H20BrIN2O2. The zero-order valence-electron chi connectivity index (χ0n) is 12.7. The zero-order valence-corrected chi connectivity index (χ0v) is 16.5. The van der Waals surface area contributed by atoms with Gasteiger partial charge >= 0.3 is 5.97 Å². The number of aromatic nitrogens is 2. The molecule has 1 heterocycles. The molecule has 0 spiro atoms. The number of hydrogen-bond donors (Lipinski definition) is 1. The number of ether oxygens (including phenoxy) is 1. The van der Waals surface area contributed by atoms with Crippen molar-refractivity contribution >= 4 is 44.5 Å². The lowest BCUT2D eigenvalue weighted by Crippen LogP contribution is -2.04. The molecule has 1 N–H and O–H groups in total. The van der Waals surface area contributed by atoms with E-state index in [1.54, 1.807) is 13.0 Å². The second-order valence-electron chi connectivity index (χ2n) is 4.44. The number of nitrogens with zero attached hydrogens (tertiary/aromatic N) is 1. The number of carbonyl (C=O) groups excluding carboxylic acids is 1. The number of carbonyl (C=O) groups is 1. The fraction of sp³-hybridized carbons (Fsp3) is 0.375. The van der Waals surface area contributed by atoms with Gasteiger partial charge in [-0.15, -0.1) is 0 Å². The Labute approximate surface area is 153 Å². The van der Waals surface area contributed by atoms with Crippen molar-refractivity contribution in [1.29, 1.82) is 0 Å². The van der Waals surface area contributed by atoms with Crippen LogP contribution in [0.1, 0.15) is 35.1 Å². The predicted octanol–water partition coefficient (Wildman–Crippen LogP) is 4.38. The molecule has 4 nitrogen and oxygen atoms in total. The maximum Gasteiger partial charge on any atom is 0.358 e. The third-order valence-electron chi connectivity index (χ3n) is 2.97. The number of nitrogens with one attached hydrogen (secondary N) is 1. The number of H-pyrrole nitrogens is 1. The molecule has 6 heteroatoms. The van der Waals surface area contributed by atoms with E-state index in [-0.39, 0.29) is 5.97 Å². The van der Waals surface area contributed by atoms with E-state index in [2.05, 4.69) is 66.9 Å². The topological polar surface area (TPSA) is 55.0 Å². The van der Waals surface area contributed by atoms with Gasteiger partial charge in [-0.25, -0.2) is 4.79 Å². The number of alkyl halides is 1. The van der Waals surface area contributed by atoms with Crippen molar-refractivity contribution in [3.8, 4) is 0 Å². The Bertz CT molecular complexity index is 587. The number of rotatable bonds is 6. The molecule has 1 aromatic carbocycles. The molecule has 22 heavy (non-hydrogen) atoms. The van der Waals surface area contributed by atoms with Crippen LogP contribution in [-0.2, 0) is 17.6 Å². The van der Waals surface area contributed by atoms with Gasteiger partial charge in [0.25, 0.3) is 0 Å². The average molecular weight is 479 g/mol. The van der Waals surface area contributed by atoms with Gasteiger partial charge in [-0.05, 0) is 72.3 Å². The zero-order chi connectivity index (χ0) is 16.4. The fourth-order valence-corrected chi connectivity index (χ4v) is 2.63. The van der Waals surface area contributed by atoms with Crippen molar-refractivity contribution in [1.82, 2.24) is 10.2 Å². The normalized spacial score (nSPS) is 9.82. The average Bonchev–Trinajstić information content (AvgIpc) is 3.00. The van der Waals surface area contributed by atoms with E-state index in [0.717, 1.165) is 25.0 Å². The predicted molar refractivity (Wildman–Crippen MR) is 101 cm³/mol. The van der Waals surface area contributed by atoms with Crippen molar-refractivity contribution in [2.75, 3.05) is 12.4 Å². The van der Waals surface area contributed by atoms with Crippen LogP contribution in [0.25, 0.3) is 0 Å². The summed E-state index contributed by atoms with van der Waals surface area (Å²) in [6, 6.07) is 10.1. The van der Waals surface area contributed by atoms with E-state index in [0.29, 0.717) is 12.3 Å². The Morgan fingerprint density at radius 3 is 2.73 bits per heavy atom. The third-order valence-corrected chi connectivity index (χ3v) is 4.02. The molecule has 0 radical (unpaired) electrons. The lowest BCUT2D eigenvalue weighted by Gasteiger charge is -2.03. The molecule has 0 bridgehead atoms. The van der Waals surface area contributed by atoms with Crippen molar-refractivity contribution in [2.45, 2.75) is 26.2 Å². The SMILES string of the molecule is CBr.CCOC(=O)c1cc(CCCc2ccccc2I)[nH]n1. The van der Waals surface area contributed by atoms with Crippen molar-refractivity contribution < 1.29 is 9.53 Å². The van der Waals surface area contributed by atoms with Crippen molar-refractivity contribution in [3.05, 3.63) is 50.9 Å². The van der Waals surface area contributed by atoms with Crippen LogP contribution in [0.5, 0.6) is 0 Å². The molecule has 1 aromatic heterocycles. The fourth-order valence-electron chi connectivity index (χ4n) is 1.97. The summed E-state index contributed by atoms with van der Waals surface area (Å²) in [5, 5.41) is 6.87. The molecule has 0 aliphatic heterocycles. The van der Waals surface area contributed by atoms with Gasteiger partial charge in [-0.1, -0.05) is 34.1 Å². The van der Waals surface area contributed by atoms with Crippen LogP contribution in [0.15, 0.2) is 30.3 Å². The van der Waals surface area contributed by atoms with Gasteiger partial charge in [0.2, 0.25) is 0 Å². The first-order chi connectivity index (χ1) is 10.7. The first-order valence-corrected chi connectivity index (χ1v) is 9.69. The van der Waals surface area contributed by atoms with E-state index >= 15 is 0 Å². The molecule has 2 aromatic rings. The van der Waals surface area contributed by atoms with Crippen molar-refractivity contribution in [3.63, 3.8) is 0 Å². The summed E-state index contributed by atoms with van der Waals surface area (Å²) in [6.45, 7) is 2.15. The Balaban J connectivity index is 0.00000116. The lowest BCUT2D eigenvalue weighted by molar-refractivity contribution is 0.0519.